The minimum Gasteiger partial charge on any atom is -0.356 e. The molecule has 2 amide bonds. The molecule has 0 unspecified atom stereocenters. The number of nitrogens with one attached hydrogen (secondary N) is 1. The van der Waals surface area contributed by atoms with Crippen molar-refractivity contribution in [1.82, 2.24) is 14.8 Å². The Labute approximate surface area is 166 Å². The van der Waals surface area contributed by atoms with Crippen LogP contribution in [0.25, 0.3) is 0 Å². The van der Waals surface area contributed by atoms with Gasteiger partial charge in [0.25, 0.3) is 11.8 Å². The van der Waals surface area contributed by atoms with Crippen LogP contribution in [-0.4, -0.2) is 59.3 Å². The van der Waals surface area contributed by atoms with Crippen molar-refractivity contribution in [3.8, 4) is 0 Å². The number of aromatic amines is 1. The van der Waals surface area contributed by atoms with Crippen LogP contribution in [0.1, 0.15) is 39.3 Å². The van der Waals surface area contributed by atoms with Crippen molar-refractivity contribution in [2.45, 2.75) is 19.3 Å². The molecule has 1 aliphatic heterocycles. The highest BCUT2D eigenvalue weighted by Gasteiger charge is 2.23. The summed E-state index contributed by atoms with van der Waals surface area (Å²) < 4.78 is 0. The second-order valence-electron chi connectivity index (χ2n) is 6.62. The average molecular weight is 391 g/mol. The van der Waals surface area contributed by atoms with E-state index in [4.69, 9.17) is 5.73 Å². The van der Waals surface area contributed by atoms with Crippen LogP contribution >= 0.6 is 12.4 Å². The predicted molar refractivity (Wildman–Crippen MR) is 108 cm³/mol. The predicted octanol–water partition coefficient (Wildman–Crippen LogP) is 2.32. The molecule has 2 aromatic rings. The van der Waals surface area contributed by atoms with Gasteiger partial charge < -0.3 is 20.5 Å². The molecule has 1 saturated heterocycles. The van der Waals surface area contributed by atoms with Gasteiger partial charge >= 0.3 is 0 Å². The molecule has 0 spiro atoms. The van der Waals surface area contributed by atoms with Crippen molar-refractivity contribution in [2.75, 3.05) is 32.7 Å². The first-order valence-corrected chi connectivity index (χ1v) is 9.20. The topological polar surface area (TPSA) is 82.4 Å². The molecule has 146 valence electrons. The smallest absolute Gasteiger partial charge is 0.270 e. The Hall–Kier alpha value is -2.31. The summed E-state index contributed by atoms with van der Waals surface area (Å²) in [6.45, 7) is 3.08. The molecule has 1 aromatic carbocycles. The van der Waals surface area contributed by atoms with Gasteiger partial charge in [0.2, 0.25) is 0 Å². The summed E-state index contributed by atoms with van der Waals surface area (Å²) in [5, 5.41) is 0. The molecule has 3 N–H and O–H groups in total. The summed E-state index contributed by atoms with van der Waals surface area (Å²) in [7, 11) is 0. The van der Waals surface area contributed by atoms with Crippen molar-refractivity contribution in [2.24, 2.45) is 5.73 Å². The van der Waals surface area contributed by atoms with E-state index in [-0.39, 0.29) is 24.2 Å². The summed E-state index contributed by atoms with van der Waals surface area (Å²) in [5.74, 6) is -0.126. The molecule has 27 heavy (non-hydrogen) atoms. The lowest BCUT2D eigenvalue weighted by Crippen LogP contribution is -2.36. The zero-order valence-corrected chi connectivity index (χ0v) is 16.2. The molecule has 7 heteroatoms. The number of hydrogen-bond donors (Lipinski definition) is 2. The maximum absolute atomic E-state index is 12.8. The van der Waals surface area contributed by atoms with Gasteiger partial charge in [0.05, 0.1) is 5.56 Å². The van der Waals surface area contributed by atoms with Gasteiger partial charge in [-0.05, 0) is 30.9 Å². The van der Waals surface area contributed by atoms with Crippen LogP contribution in [0.4, 0.5) is 0 Å². The number of halogens is 1. The van der Waals surface area contributed by atoms with Crippen molar-refractivity contribution >= 4 is 24.2 Å². The van der Waals surface area contributed by atoms with Gasteiger partial charge in [-0.15, -0.1) is 12.4 Å². The SMILES string of the molecule is Cl.NCCN(CCc1ccccc1)C(=O)c1c[nH]c(C(=O)N2CCCC2)c1. The van der Waals surface area contributed by atoms with E-state index in [2.05, 4.69) is 4.98 Å². The van der Waals surface area contributed by atoms with Crippen molar-refractivity contribution in [1.29, 1.82) is 0 Å². The van der Waals surface area contributed by atoms with E-state index in [0.717, 1.165) is 32.4 Å². The van der Waals surface area contributed by atoms with E-state index in [9.17, 15) is 9.59 Å². The number of aromatic nitrogens is 1. The minimum atomic E-state index is -0.0943. The Kier molecular flexibility index (Phi) is 7.88. The lowest BCUT2D eigenvalue weighted by atomic mass is 10.1. The molecule has 3 rings (SSSR count). The number of hydrogen-bond acceptors (Lipinski definition) is 3. The first-order chi connectivity index (χ1) is 12.7. The third-order valence-electron chi connectivity index (χ3n) is 4.75. The number of likely N-dealkylation sites (tertiary alicyclic amines) is 1. The second-order valence-corrected chi connectivity index (χ2v) is 6.62. The largest absolute Gasteiger partial charge is 0.356 e. The summed E-state index contributed by atoms with van der Waals surface area (Å²) in [6, 6.07) is 11.7. The van der Waals surface area contributed by atoms with Crippen LogP contribution in [0.5, 0.6) is 0 Å². The molecule has 2 heterocycles. The number of carbonyl (C=O) groups is 2. The van der Waals surface area contributed by atoms with E-state index in [1.54, 1.807) is 17.2 Å². The van der Waals surface area contributed by atoms with E-state index in [1.165, 1.54) is 5.56 Å². The number of benzene rings is 1. The monoisotopic (exact) mass is 390 g/mol. The van der Waals surface area contributed by atoms with E-state index in [0.29, 0.717) is 30.9 Å². The van der Waals surface area contributed by atoms with Crippen LogP contribution in [0.15, 0.2) is 42.6 Å². The molecule has 0 atom stereocenters. The molecule has 1 fully saturated rings. The highest BCUT2D eigenvalue weighted by atomic mass is 35.5. The van der Waals surface area contributed by atoms with Gasteiger partial charge in [0.15, 0.2) is 0 Å². The third-order valence-corrected chi connectivity index (χ3v) is 4.75. The second kappa shape index (κ2) is 10.1. The number of nitrogens with two attached hydrogens (primary N) is 1. The van der Waals surface area contributed by atoms with E-state index in [1.807, 2.05) is 35.2 Å². The van der Waals surface area contributed by atoms with Crippen LogP contribution in [0.2, 0.25) is 0 Å². The number of rotatable bonds is 7. The first kappa shape index (κ1) is 21.0. The van der Waals surface area contributed by atoms with Gasteiger partial charge in [-0.25, -0.2) is 0 Å². The van der Waals surface area contributed by atoms with Gasteiger partial charge in [-0.1, -0.05) is 30.3 Å². The molecule has 6 nitrogen and oxygen atoms in total. The standard InChI is InChI=1S/C20H26N4O2.ClH/c21-9-13-24(12-8-16-6-2-1-3-7-16)19(25)17-14-18(22-15-17)20(26)23-10-4-5-11-23;/h1-3,6-7,14-15,22H,4-5,8-13,21H2;1H. The van der Waals surface area contributed by atoms with E-state index < -0.39 is 0 Å². The van der Waals surface area contributed by atoms with Gasteiger partial charge in [-0.3, -0.25) is 9.59 Å². The molecule has 1 aliphatic rings. The molecule has 1 aromatic heterocycles. The number of H-pyrrole nitrogens is 1. The summed E-state index contributed by atoms with van der Waals surface area (Å²) >= 11 is 0. The van der Waals surface area contributed by atoms with Gasteiger partial charge in [0, 0.05) is 38.9 Å². The Bertz CT molecular complexity index is 741. The number of carbonyl (C=O) groups excluding carboxylic acids is 2. The fourth-order valence-corrected chi connectivity index (χ4v) is 3.29. The van der Waals surface area contributed by atoms with Crippen LogP contribution < -0.4 is 5.73 Å². The molecule has 0 aliphatic carbocycles. The minimum absolute atomic E-state index is 0. The Balaban J connectivity index is 0.00000261. The summed E-state index contributed by atoms with van der Waals surface area (Å²) in [4.78, 5) is 31.8. The normalized spacial score (nSPS) is 13.3. The van der Waals surface area contributed by atoms with Crippen LogP contribution in [0.3, 0.4) is 0 Å². The molecular weight excluding hydrogens is 364 g/mol. The summed E-state index contributed by atoms with van der Waals surface area (Å²) in [5.41, 5.74) is 7.86. The Morgan fingerprint density at radius 1 is 1.11 bits per heavy atom. The zero-order chi connectivity index (χ0) is 18.4. The highest BCUT2D eigenvalue weighted by Crippen LogP contribution is 2.14. The fourth-order valence-electron chi connectivity index (χ4n) is 3.29. The highest BCUT2D eigenvalue weighted by molar-refractivity contribution is 5.99. The van der Waals surface area contributed by atoms with Crippen molar-refractivity contribution in [3.63, 3.8) is 0 Å². The zero-order valence-electron chi connectivity index (χ0n) is 15.4. The lowest BCUT2D eigenvalue weighted by Gasteiger charge is -2.21. The third kappa shape index (κ3) is 5.34. The van der Waals surface area contributed by atoms with Crippen molar-refractivity contribution in [3.05, 3.63) is 59.4 Å². The van der Waals surface area contributed by atoms with Gasteiger partial charge in [-0.2, -0.15) is 0 Å². The first-order valence-electron chi connectivity index (χ1n) is 9.20. The molecule has 0 bridgehead atoms. The number of amides is 2. The lowest BCUT2D eigenvalue weighted by molar-refractivity contribution is 0.0762. The Morgan fingerprint density at radius 2 is 1.81 bits per heavy atom. The quantitative estimate of drug-likeness (QED) is 0.761. The van der Waals surface area contributed by atoms with Gasteiger partial charge in [0.1, 0.15) is 5.69 Å². The maximum atomic E-state index is 12.8. The Morgan fingerprint density at radius 3 is 2.48 bits per heavy atom. The molecular formula is C20H27ClN4O2. The molecule has 0 saturated carbocycles. The summed E-state index contributed by atoms with van der Waals surface area (Å²) in [6.07, 6.45) is 4.48. The van der Waals surface area contributed by atoms with E-state index >= 15 is 0 Å². The van der Waals surface area contributed by atoms with Crippen LogP contribution in [-0.2, 0) is 6.42 Å². The van der Waals surface area contributed by atoms with Crippen LogP contribution in [0, 0.1) is 0 Å². The average Bonchev–Trinajstić information content (AvgIpc) is 3.37. The number of nitrogens with zero attached hydrogens (tertiary/aromatic N) is 2. The fraction of sp³-hybridized carbons (Fsp3) is 0.400. The molecule has 0 radical (unpaired) electrons. The van der Waals surface area contributed by atoms with Crippen molar-refractivity contribution < 1.29 is 9.59 Å². The maximum Gasteiger partial charge on any atom is 0.270 e.